The Morgan fingerprint density at radius 1 is 1.40 bits per heavy atom. The maximum Gasteiger partial charge on any atom is 0.293 e. The van der Waals surface area contributed by atoms with Crippen LogP contribution in [0.5, 0.6) is 5.88 Å². The molecule has 25 heavy (non-hydrogen) atoms. The van der Waals surface area contributed by atoms with E-state index < -0.39 is 0 Å². The summed E-state index contributed by atoms with van der Waals surface area (Å²) in [6, 6.07) is 1.93. The van der Waals surface area contributed by atoms with E-state index in [2.05, 4.69) is 45.7 Å². The largest absolute Gasteiger partial charge is 0.479 e. The molecule has 3 rings (SSSR count). The normalized spacial score (nSPS) is 14.7. The molecule has 1 amide bonds. The molecule has 0 unspecified atom stereocenters. The van der Waals surface area contributed by atoms with Crippen LogP contribution in [0.15, 0.2) is 10.6 Å². The summed E-state index contributed by atoms with van der Waals surface area (Å²) in [6.07, 6.45) is 0.834. The molecule has 9 heteroatoms. The lowest BCUT2D eigenvalue weighted by Gasteiger charge is -2.20. The molecular weight excluding hydrogens is 324 g/mol. The molecule has 0 saturated heterocycles. The van der Waals surface area contributed by atoms with Crippen LogP contribution in [0.1, 0.15) is 42.5 Å². The number of hydrogen-bond donors (Lipinski definition) is 0. The molecule has 0 fully saturated rings. The summed E-state index contributed by atoms with van der Waals surface area (Å²) in [7, 11) is 3.55. The fraction of sp³-hybridized carbons (Fsp3) is 0.625. The Morgan fingerprint density at radius 3 is 2.88 bits per heavy atom. The van der Waals surface area contributed by atoms with E-state index in [1.807, 2.05) is 0 Å². The Morgan fingerprint density at radius 2 is 2.20 bits per heavy atom. The highest BCUT2D eigenvalue weighted by Gasteiger charge is 2.26. The van der Waals surface area contributed by atoms with Crippen molar-refractivity contribution >= 4 is 5.91 Å². The van der Waals surface area contributed by atoms with E-state index in [0.717, 1.165) is 31.2 Å². The molecule has 9 nitrogen and oxygen atoms in total. The number of carbonyl (C=O) groups is 1. The van der Waals surface area contributed by atoms with Gasteiger partial charge in [-0.25, -0.2) is 0 Å². The summed E-state index contributed by atoms with van der Waals surface area (Å²) in [5.41, 5.74) is 0. The van der Waals surface area contributed by atoms with Crippen molar-refractivity contribution in [1.29, 1.82) is 0 Å². The Hall–Kier alpha value is -2.42. The molecule has 2 aromatic rings. The molecule has 136 valence electrons. The number of methoxy groups -OCH3 is 1. The van der Waals surface area contributed by atoms with Crippen molar-refractivity contribution in [3.05, 3.63) is 23.5 Å². The van der Waals surface area contributed by atoms with Crippen LogP contribution in [0.2, 0.25) is 0 Å². The van der Waals surface area contributed by atoms with Crippen LogP contribution in [-0.4, -0.2) is 62.4 Å². The molecular formula is C16H24N6O3. The molecule has 2 aromatic heterocycles. The van der Waals surface area contributed by atoms with E-state index in [9.17, 15) is 4.79 Å². The maximum absolute atomic E-state index is 12.6. The van der Waals surface area contributed by atoms with Crippen molar-refractivity contribution in [2.75, 3.05) is 20.7 Å². The van der Waals surface area contributed by atoms with Gasteiger partial charge in [0.1, 0.15) is 5.82 Å². The van der Waals surface area contributed by atoms with Gasteiger partial charge in [0.15, 0.2) is 5.82 Å². The van der Waals surface area contributed by atoms with Crippen LogP contribution in [0.25, 0.3) is 0 Å². The maximum atomic E-state index is 12.6. The van der Waals surface area contributed by atoms with E-state index in [-0.39, 0.29) is 11.7 Å². The van der Waals surface area contributed by atoms with Gasteiger partial charge in [0, 0.05) is 19.1 Å². The SMILES string of the molecule is COc1cc(C(=O)N2CCCn3c(nnc3CN(C)C(C)C)C2)on1. The fourth-order valence-corrected chi connectivity index (χ4v) is 2.72. The summed E-state index contributed by atoms with van der Waals surface area (Å²) in [4.78, 5) is 16.6. The summed E-state index contributed by atoms with van der Waals surface area (Å²) in [5.74, 6) is 1.98. The van der Waals surface area contributed by atoms with Crippen molar-refractivity contribution in [3.63, 3.8) is 0 Å². The molecule has 0 bridgehead atoms. The Balaban J connectivity index is 1.75. The van der Waals surface area contributed by atoms with Crippen molar-refractivity contribution in [2.45, 2.75) is 45.9 Å². The van der Waals surface area contributed by atoms with E-state index in [4.69, 9.17) is 9.26 Å². The number of amides is 1. The van der Waals surface area contributed by atoms with Gasteiger partial charge in [0.2, 0.25) is 5.76 Å². The minimum absolute atomic E-state index is 0.171. The second kappa shape index (κ2) is 7.22. The Bertz CT molecular complexity index is 738. The van der Waals surface area contributed by atoms with Gasteiger partial charge in [-0.15, -0.1) is 10.2 Å². The highest BCUT2D eigenvalue weighted by molar-refractivity contribution is 5.91. The molecule has 0 spiro atoms. The molecule has 0 N–H and O–H groups in total. The van der Waals surface area contributed by atoms with Crippen molar-refractivity contribution in [2.24, 2.45) is 0 Å². The second-order valence-electron chi connectivity index (χ2n) is 6.51. The van der Waals surface area contributed by atoms with Gasteiger partial charge in [-0.05, 0) is 32.5 Å². The third-order valence-electron chi connectivity index (χ3n) is 4.51. The van der Waals surface area contributed by atoms with Crippen LogP contribution >= 0.6 is 0 Å². The molecule has 0 saturated carbocycles. The number of fused-ring (bicyclic) bond motifs is 1. The summed E-state index contributed by atoms with van der Waals surface area (Å²) in [6.45, 7) is 6.85. The lowest BCUT2D eigenvalue weighted by atomic mass is 10.3. The number of nitrogens with zero attached hydrogens (tertiary/aromatic N) is 6. The Kier molecular flexibility index (Phi) is 5.03. The molecule has 0 aromatic carbocycles. The van der Waals surface area contributed by atoms with E-state index in [0.29, 0.717) is 25.0 Å². The molecule has 0 atom stereocenters. The van der Waals surface area contributed by atoms with Crippen LogP contribution in [0.4, 0.5) is 0 Å². The Labute approximate surface area is 146 Å². The highest BCUT2D eigenvalue weighted by atomic mass is 16.5. The summed E-state index contributed by atoms with van der Waals surface area (Å²) in [5, 5.41) is 12.3. The first-order chi connectivity index (χ1) is 12.0. The molecule has 1 aliphatic rings. The predicted octanol–water partition coefficient (Wildman–Crippen LogP) is 1.16. The quantitative estimate of drug-likeness (QED) is 0.801. The first-order valence-electron chi connectivity index (χ1n) is 8.40. The van der Waals surface area contributed by atoms with Gasteiger partial charge < -0.3 is 18.7 Å². The van der Waals surface area contributed by atoms with Crippen molar-refractivity contribution in [1.82, 2.24) is 29.7 Å². The zero-order chi connectivity index (χ0) is 18.0. The van der Waals surface area contributed by atoms with Gasteiger partial charge in [-0.3, -0.25) is 9.69 Å². The number of carbonyl (C=O) groups excluding carboxylic acids is 1. The number of hydrogen-bond acceptors (Lipinski definition) is 7. The highest BCUT2D eigenvalue weighted by Crippen LogP contribution is 2.18. The molecule has 3 heterocycles. The zero-order valence-electron chi connectivity index (χ0n) is 15.1. The van der Waals surface area contributed by atoms with Gasteiger partial charge in [-0.2, -0.15) is 0 Å². The third-order valence-corrected chi connectivity index (χ3v) is 4.51. The molecule has 0 aliphatic carbocycles. The van der Waals surface area contributed by atoms with E-state index in [1.54, 1.807) is 4.90 Å². The predicted molar refractivity (Wildman–Crippen MR) is 89.0 cm³/mol. The number of ether oxygens (including phenoxy) is 1. The monoisotopic (exact) mass is 348 g/mol. The summed E-state index contributed by atoms with van der Waals surface area (Å²) >= 11 is 0. The molecule has 1 aliphatic heterocycles. The van der Waals surface area contributed by atoms with Crippen LogP contribution in [0, 0.1) is 0 Å². The molecule has 0 radical (unpaired) electrons. The summed E-state index contributed by atoms with van der Waals surface area (Å²) < 4.78 is 12.2. The van der Waals surface area contributed by atoms with Gasteiger partial charge in [0.05, 0.1) is 26.3 Å². The third kappa shape index (κ3) is 3.65. The smallest absolute Gasteiger partial charge is 0.293 e. The lowest BCUT2D eigenvalue weighted by Crippen LogP contribution is -2.30. The van der Waals surface area contributed by atoms with Gasteiger partial charge >= 0.3 is 0 Å². The van der Waals surface area contributed by atoms with Crippen LogP contribution in [0.3, 0.4) is 0 Å². The minimum atomic E-state index is -0.215. The average molecular weight is 348 g/mol. The first kappa shape index (κ1) is 17.4. The second-order valence-corrected chi connectivity index (χ2v) is 6.51. The van der Waals surface area contributed by atoms with Crippen molar-refractivity contribution < 1.29 is 14.1 Å². The van der Waals surface area contributed by atoms with E-state index >= 15 is 0 Å². The lowest BCUT2D eigenvalue weighted by molar-refractivity contribution is 0.0701. The number of aromatic nitrogens is 4. The van der Waals surface area contributed by atoms with E-state index in [1.165, 1.54) is 13.2 Å². The standard InChI is InChI=1S/C16H24N6O3/c1-11(2)20(3)9-13-17-18-14-10-21(6-5-7-22(13)14)16(23)12-8-15(24-4)19-25-12/h8,11H,5-7,9-10H2,1-4H3. The fourth-order valence-electron chi connectivity index (χ4n) is 2.72. The van der Waals surface area contributed by atoms with Crippen molar-refractivity contribution in [3.8, 4) is 5.88 Å². The topological polar surface area (TPSA) is 89.5 Å². The zero-order valence-corrected chi connectivity index (χ0v) is 15.1. The minimum Gasteiger partial charge on any atom is -0.479 e. The first-order valence-corrected chi connectivity index (χ1v) is 8.40. The van der Waals surface area contributed by atoms with Crippen LogP contribution < -0.4 is 4.74 Å². The average Bonchev–Trinajstić information content (AvgIpc) is 3.15. The van der Waals surface area contributed by atoms with Crippen LogP contribution in [-0.2, 0) is 19.6 Å². The van der Waals surface area contributed by atoms with Gasteiger partial charge in [-0.1, -0.05) is 0 Å². The van der Waals surface area contributed by atoms with Gasteiger partial charge in [0.25, 0.3) is 11.8 Å². The number of rotatable bonds is 5.